The molecule has 0 fully saturated rings. The monoisotopic (exact) mass is 224 g/mol. The zero-order chi connectivity index (χ0) is 10.8. The molecule has 0 aromatic heterocycles. The summed E-state index contributed by atoms with van der Waals surface area (Å²) >= 11 is 0.671. The summed E-state index contributed by atoms with van der Waals surface area (Å²) in [6, 6.07) is 3.74. The quantitative estimate of drug-likeness (QED) is 0.544. The number of thioether (sulfide) groups is 1. The Morgan fingerprint density at radius 3 is 2.43 bits per heavy atom. The van der Waals surface area contributed by atoms with Gasteiger partial charge in [-0.1, -0.05) is 0 Å². The lowest BCUT2D eigenvalue weighted by molar-refractivity contribution is -0.105. The maximum Gasteiger partial charge on any atom is 0.398 e. The van der Waals surface area contributed by atoms with E-state index in [9.17, 15) is 17.6 Å². The van der Waals surface area contributed by atoms with Crippen molar-refractivity contribution in [1.82, 2.24) is 0 Å². The van der Waals surface area contributed by atoms with E-state index in [0.29, 0.717) is 22.2 Å². The number of alkyl halides is 3. The van der Waals surface area contributed by atoms with E-state index < -0.39 is 17.7 Å². The fourth-order valence-electron chi connectivity index (χ4n) is 0.934. The van der Waals surface area contributed by atoms with E-state index in [1.54, 1.807) is 6.92 Å². The van der Waals surface area contributed by atoms with Crippen LogP contribution in [0.4, 0.5) is 17.6 Å². The fourth-order valence-corrected chi connectivity index (χ4v) is 1.70. The van der Waals surface area contributed by atoms with Gasteiger partial charge >= 0.3 is 6.18 Å². The Hall–Kier alpha value is -0.710. The molecule has 0 radical (unpaired) electrons. The molecule has 0 unspecified atom stereocenters. The van der Waals surface area contributed by atoms with Crippen molar-refractivity contribution >= 4 is 11.8 Å². The molecule has 0 saturated carbocycles. The van der Waals surface area contributed by atoms with Crippen LogP contribution in [0.25, 0.3) is 0 Å². The lowest BCUT2D eigenvalue weighted by Gasteiger charge is -2.07. The van der Waals surface area contributed by atoms with Crippen molar-refractivity contribution in [3.05, 3.63) is 29.6 Å². The molecule has 0 aliphatic rings. The SMILES string of the molecule is Cc1cc(F)ccc1SCC(F)(F)F. The molecule has 0 nitrogen and oxygen atoms in total. The lowest BCUT2D eigenvalue weighted by atomic mass is 10.2. The summed E-state index contributed by atoms with van der Waals surface area (Å²) in [6.45, 7) is 1.59. The highest BCUT2D eigenvalue weighted by molar-refractivity contribution is 7.99. The Balaban J connectivity index is 2.68. The van der Waals surface area contributed by atoms with E-state index in [-0.39, 0.29) is 0 Å². The molecule has 14 heavy (non-hydrogen) atoms. The van der Waals surface area contributed by atoms with Gasteiger partial charge in [0.05, 0.1) is 5.75 Å². The highest BCUT2D eigenvalue weighted by Crippen LogP contribution is 2.29. The van der Waals surface area contributed by atoms with Gasteiger partial charge in [0.25, 0.3) is 0 Å². The van der Waals surface area contributed by atoms with E-state index in [2.05, 4.69) is 0 Å². The van der Waals surface area contributed by atoms with Crippen LogP contribution >= 0.6 is 11.8 Å². The van der Waals surface area contributed by atoms with Crippen LogP contribution in [0.2, 0.25) is 0 Å². The van der Waals surface area contributed by atoms with Crippen LogP contribution in [-0.2, 0) is 0 Å². The maximum absolute atomic E-state index is 12.6. The van der Waals surface area contributed by atoms with E-state index >= 15 is 0 Å². The van der Waals surface area contributed by atoms with Gasteiger partial charge in [0, 0.05) is 4.90 Å². The summed E-state index contributed by atoms with van der Waals surface area (Å²) in [4.78, 5) is 0.462. The third kappa shape index (κ3) is 3.57. The number of benzene rings is 1. The molecule has 1 rings (SSSR count). The molecule has 0 aliphatic carbocycles. The second-order valence-electron chi connectivity index (χ2n) is 2.81. The first kappa shape index (κ1) is 11.4. The molecule has 0 aliphatic heterocycles. The van der Waals surface area contributed by atoms with Crippen LogP contribution in [0.15, 0.2) is 23.1 Å². The average molecular weight is 224 g/mol. The molecular formula is C9H8F4S. The Bertz CT molecular complexity index is 319. The fraction of sp³-hybridized carbons (Fsp3) is 0.333. The van der Waals surface area contributed by atoms with Crippen molar-refractivity contribution in [1.29, 1.82) is 0 Å². The van der Waals surface area contributed by atoms with Crippen LogP contribution in [0, 0.1) is 12.7 Å². The molecule has 1 aromatic rings. The lowest BCUT2D eigenvalue weighted by Crippen LogP contribution is -2.10. The third-order valence-electron chi connectivity index (χ3n) is 1.53. The Morgan fingerprint density at radius 2 is 1.93 bits per heavy atom. The topological polar surface area (TPSA) is 0 Å². The predicted molar refractivity (Wildman–Crippen MR) is 47.9 cm³/mol. The van der Waals surface area contributed by atoms with Gasteiger partial charge in [0.1, 0.15) is 5.82 Å². The third-order valence-corrected chi connectivity index (χ3v) is 2.77. The van der Waals surface area contributed by atoms with Crippen LogP contribution < -0.4 is 0 Å². The normalized spacial score (nSPS) is 11.8. The van der Waals surface area contributed by atoms with E-state index in [1.165, 1.54) is 12.1 Å². The predicted octanol–water partition coefficient (Wildman–Crippen LogP) is 3.79. The van der Waals surface area contributed by atoms with Crippen molar-refractivity contribution in [2.45, 2.75) is 18.0 Å². The number of hydrogen-bond donors (Lipinski definition) is 0. The Kier molecular flexibility index (Phi) is 3.42. The number of halogens is 4. The van der Waals surface area contributed by atoms with Crippen LogP contribution in [0.5, 0.6) is 0 Å². The van der Waals surface area contributed by atoms with Crippen LogP contribution in [0.3, 0.4) is 0 Å². The second kappa shape index (κ2) is 4.21. The Labute approximate surface area is 83.3 Å². The zero-order valence-electron chi connectivity index (χ0n) is 7.36. The van der Waals surface area contributed by atoms with Gasteiger partial charge in [0.15, 0.2) is 0 Å². The Morgan fingerprint density at radius 1 is 1.29 bits per heavy atom. The molecule has 0 spiro atoms. The minimum Gasteiger partial charge on any atom is -0.207 e. The van der Waals surface area contributed by atoms with E-state index in [1.807, 2.05) is 0 Å². The first-order valence-corrected chi connectivity index (χ1v) is 4.83. The summed E-state index contributed by atoms with van der Waals surface area (Å²) in [5.41, 5.74) is 0.527. The number of hydrogen-bond acceptors (Lipinski definition) is 1. The van der Waals surface area contributed by atoms with Gasteiger partial charge in [0.2, 0.25) is 0 Å². The van der Waals surface area contributed by atoms with Crippen LogP contribution in [0.1, 0.15) is 5.56 Å². The molecule has 78 valence electrons. The second-order valence-corrected chi connectivity index (χ2v) is 3.83. The van der Waals surface area contributed by atoms with Gasteiger partial charge in [-0.3, -0.25) is 0 Å². The highest BCUT2D eigenvalue weighted by atomic mass is 32.2. The van der Waals surface area contributed by atoms with E-state index in [0.717, 1.165) is 6.07 Å². The van der Waals surface area contributed by atoms with Gasteiger partial charge in [-0.05, 0) is 30.7 Å². The van der Waals surface area contributed by atoms with Crippen molar-refractivity contribution < 1.29 is 17.6 Å². The minimum absolute atomic E-state index is 0.432. The van der Waals surface area contributed by atoms with Crippen molar-refractivity contribution in [2.24, 2.45) is 0 Å². The van der Waals surface area contributed by atoms with Crippen molar-refractivity contribution in [3.63, 3.8) is 0 Å². The van der Waals surface area contributed by atoms with Crippen LogP contribution in [-0.4, -0.2) is 11.9 Å². The highest BCUT2D eigenvalue weighted by Gasteiger charge is 2.27. The summed E-state index contributed by atoms with van der Waals surface area (Å²) in [5.74, 6) is -1.38. The molecule has 0 heterocycles. The number of aryl methyl sites for hydroxylation is 1. The number of rotatable bonds is 2. The molecule has 0 saturated heterocycles. The molecular weight excluding hydrogens is 216 g/mol. The molecule has 0 bridgehead atoms. The summed E-state index contributed by atoms with van der Waals surface area (Å²) in [5, 5.41) is 0. The molecule has 5 heteroatoms. The van der Waals surface area contributed by atoms with Gasteiger partial charge in [-0.2, -0.15) is 13.2 Å². The molecule has 1 aromatic carbocycles. The van der Waals surface area contributed by atoms with E-state index in [4.69, 9.17) is 0 Å². The minimum atomic E-state index is -4.19. The largest absolute Gasteiger partial charge is 0.398 e. The van der Waals surface area contributed by atoms with Gasteiger partial charge in [-0.15, -0.1) is 11.8 Å². The molecule has 0 atom stereocenters. The molecule has 0 N–H and O–H groups in total. The molecule has 0 amide bonds. The maximum atomic E-state index is 12.6. The summed E-state index contributed by atoms with van der Waals surface area (Å²) in [6.07, 6.45) is -4.19. The standard InChI is InChI=1S/C9H8F4S/c1-6-4-7(10)2-3-8(6)14-5-9(11,12)13/h2-4H,5H2,1H3. The van der Waals surface area contributed by atoms with Crippen molar-refractivity contribution in [2.75, 3.05) is 5.75 Å². The smallest absolute Gasteiger partial charge is 0.207 e. The summed E-state index contributed by atoms with van der Waals surface area (Å²) in [7, 11) is 0. The first-order valence-electron chi connectivity index (χ1n) is 3.84. The first-order chi connectivity index (χ1) is 6.38. The zero-order valence-corrected chi connectivity index (χ0v) is 8.18. The summed E-state index contributed by atoms with van der Waals surface area (Å²) < 4.78 is 48.2. The van der Waals surface area contributed by atoms with Gasteiger partial charge < -0.3 is 0 Å². The van der Waals surface area contributed by atoms with Crippen molar-refractivity contribution in [3.8, 4) is 0 Å². The average Bonchev–Trinajstić information content (AvgIpc) is 2.00. The van der Waals surface area contributed by atoms with Gasteiger partial charge in [-0.25, -0.2) is 4.39 Å².